The van der Waals surface area contributed by atoms with Crippen LogP contribution in [0.5, 0.6) is 5.75 Å². The van der Waals surface area contributed by atoms with Crippen molar-refractivity contribution in [1.82, 2.24) is 5.32 Å². The zero-order valence-electron chi connectivity index (χ0n) is 17.9. The molecule has 7 heteroatoms. The van der Waals surface area contributed by atoms with Crippen LogP contribution in [-0.4, -0.2) is 34.0 Å². The third kappa shape index (κ3) is 6.34. The van der Waals surface area contributed by atoms with Crippen molar-refractivity contribution in [2.24, 2.45) is 0 Å². The number of sulfonamides is 1. The Morgan fingerprint density at radius 3 is 2.45 bits per heavy atom. The van der Waals surface area contributed by atoms with Gasteiger partial charge in [0, 0.05) is 13.1 Å². The van der Waals surface area contributed by atoms with Crippen molar-refractivity contribution in [1.29, 1.82) is 0 Å². The van der Waals surface area contributed by atoms with E-state index in [-0.39, 0.29) is 17.4 Å². The van der Waals surface area contributed by atoms with Crippen molar-refractivity contribution >= 4 is 21.6 Å². The first-order valence-electron chi connectivity index (χ1n) is 10.8. The molecule has 0 bridgehead atoms. The maximum Gasteiger partial charge on any atom is 0.264 e. The van der Waals surface area contributed by atoms with Crippen LogP contribution in [0, 0.1) is 0 Å². The van der Waals surface area contributed by atoms with Crippen LogP contribution in [0.2, 0.25) is 0 Å². The minimum absolute atomic E-state index is 0.0712. The van der Waals surface area contributed by atoms with Crippen LogP contribution in [0.25, 0.3) is 0 Å². The molecule has 2 aromatic carbocycles. The second-order valence-corrected chi connectivity index (χ2v) is 9.34. The van der Waals surface area contributed by atoms with Crippen molar-refractivity contribution < 1.29 is 17.9 Å². The second kappa shape index (κ2) is 11.0. The molecular weight excluding hydrogens is 412 g/mol. The van der Waals surface area contributed by atoms with E-state index in [4.69, 9.17) is 4.74 Å². The lowest BCUT2D eigenvalue weighted by Gasteiger charge is -2.23. The first-order chi connectivity index (χ1) is 15.0. The highest BCUT2D eigenvalue weighted by Gasteiger charge is 2.23. The fraction of sp³-hybridized carbons (Fsp3) is 0.375. The number of nitrogens with one attached hydrogen (secondary N) is 1. The van der Waals surface area contributed by atoms with Crippen LogP contribution in [0.15, 0.2) is 71.1 Å². The molecule has 0 atom stereocenters. The van der Waals surface area contributed by atoms with Gasteiger partial charge < -0.3 is 10.1 Å². The summed E-state index contributed by atoms with van der Waals surface area (Å²) in [5, 5.41) is 2.88. The van der Waals surface area contributed by atoms with Gasteiger partial charge in [-0.2, -0.15) is 0 Å². The molecular formula is C24H30N2O4S. The molecule has 0 saturated heterocycles. The minimum atomic E-state index is -3.64. The Hall–Kier alpha value is -2.80. The van der Waals surface area contributed by atoms with Crippen molar-refractivity contribution in [3.63, 3.8) is 0 Å². The Morgan fingerprint density at radius 1 is 1.06 bits per heavy atom. The number of benzene rings is 2. The average molecular weight is 443 g/mol. The standard InChI is InChI=1S/C24H30N2O4S/c1-2-26(31(28,29)23-11-7-4-8-12-23)21-13-15-22(16-14-21)30-19-24(27)25-18-17-20-9-5-3-6-10-20/h4,7-9,11-16H,2-3,5-6,10,17-19H2,1H3,(H,25,27). The fourth-order valence-electron chi connectivity index (χ4n) is 3.61. The Kier molecular flexibility index (Phi) is 8.12. The van der Waals surface area contributed by atoms with E-state index in [9.17, 15) is 13.2 Å². The molecule has 0 fully saturated rings. The highest BCUT2D eigenvalue weighted by molar-refractivity contribution is 7.92. The Morgan fingerprint density at radius 2 is 1.81 bits per heavy atom. The van der Waals surface area contributed by atoms with Crippen LogP contribution in [0.1, 0.15) is 39.0 Å². The van der Waals surface area contributed by atoms with Crippen molar-refractivity contribution in [2.45, 2.75) is 43.9 Å². The normalized spacial score (nSPS) is 13.9. The average Bonchev–Trinajstić information content (AvgIpc) is 2.80. The second-order valence-electron chi connectivity index (χ2n) is 7.47. The number of rotatable bonds is 10. The van der Waals surface area contributed by atoms with Crippen molar-refractivity contribution in [3.05, 3.63) is 66.2 Å². The monoisotopic (exact) mass is 442 g/mol. The molecule has 0 aliphatic heterocycles. The molecule has 0 spiro atoms. The number of ether oxygens (including phenoxy) is 1. The lowest BCUT2D eigenvalue weighted by molar-refractivity contribution is -0.123. The van der Waals surface area contributed by atoms with Gasteiger partial charge in [0.25, 0.3) is 15.9 Å². The first-order valence-corrected chi connectivity index (χ1v) is 12.2. The lowest BCUT2D eigenvalue weighted by Crippen LogP contribution is -2.31. The largest absolute Gasteiger partial charge is 0.484 e. The first kappa shape index (κ1) is 22.9. The van der Waals surface area contributed by atoms with Crippen LogP contribution < -0.4 is 14.4 Å². The maximum atomic E-state index is 12.9. The van der Waals surface area contributed by atoms with Crippen LogP contribution in [-0.2, 0) is 14.8 Å². The number of anilines is 1. The number of hydrogen-bond acceptors (Lipinski definition) is 4. The van der Waals surface area contributed by atoms with Gasteiger partial charge in [0.15, 0.2) is 6.61 Å². The summed E-state index contributed by atoms with van der Waals surface area (Å²) in [5.74, 6) is 0.351. The van der Waals surface area contributed by atoms with Gasteiger partial charge in [0.05, 0.1) is 10.6 Å². The molecule has 0 radical (unpaired) electrons. The SMILES string of the molecule is CCN(c1ccc(OCC(=O)NCCC2=CCCCC2)cc1)S(=O)(=O)c1ccccc1. The molecule has 3 rings (SSSR count). The molecule has 1 amide bonds. The van der Waals surface area contributed by atoms with Crippen molar-refractivity contribution in [2.75, 3.05) is 24.0 Å². The smallest absolute Gasteiger partial charge is 0.264 e. The van der Waals surface area contributed by atoms with Gasteiger partial charge in [-0.25, -0.2) is 8.42 Å². The van der Waals surface area contributed by atoms with E-state index in [1.165, 1.54) is 22.7 Å². The number of allylic oxidation sites excluding steroid dienone is 1. The highest BCUT2D eigenvalue weighted by Crippen LogP contribution is 2.25. The van der Waals surface area contributed by atoms with Gasteiger partial charge in [0.2, 0.25) is 0 Å². The molecule has 0 unspecified atom stereocenters. The third-order valence-corrected chi connectivity index (χ3v) is 7.18. The van der Waals surface area contributed by atoms with Crippen molar-refractivity contribution in [3.8, 4) is 5.75 Å². The zero-order chi connectivity index (χ0) is 22.1. The summed E-state index contributed by atoms with van der Waals surface area (Å²) in [6.45, 7) is 2.64. The Bertz CT molecular complexity index is 986. The van der Waals surface area contributed by atoms with Gasteiger partial charge in [-0.3, -0.25) is 9.10 Å². The third-order valence-electron chi connectivity index (χ3n) is 5.27. The number of nitrogens with zero attached hydrogens (tertiary/aromatic N) is 1. The van der Waals surface area contributed by atoms with E-state index in [0.29, 0.717) is 24.5 Å². The number of amides is 1. The quantitative estimate of drug-likeness (QED) is 0.557. The van der Waals surface area contributed by atoms with E-state index in [0.717, 1.165) is 19.3 Å². The van der Waals surface area contributed by atoms with Gasteiger partial charge >= 0.3 is 0 Å². The van der Waals surface area contributed by atoms with E-state index in [1.54, 1.807) is 61.5 Å². The summed E-state index contributed by atoms with van der Waals surface area (Å²) in [6.07, 6.45) is 7.95. The number of hydrogen-bond donors (Lipinski definition) is 1. The predicted octanol–water partition coefficient (Wildman–Crippen LogP) is 4.29. The summed E-state index contributed by atoms with van der Waals surface area (Å²) < 4.78 is 32.7. The van der Waals surface area contributed by atoms with Gasteiger partial charge in [-0.05, 0) is 75.4 Å². The van der Waals surface area contributed by atoms with Gasteiger partial charge in [0.1, 0.15) is 5.75 Å². The number of carbonyl (C=O) groups excluding carboxylic acids is 1. The van der Waals surface area contributed by atoms with Crippen LogP contribution in [0.3, 0.4) is 0 Å². The van der Waals surface area contributed by atoms with E-state index in [1.807, 2.05) is 0 Å². The molecule has 0 saturated carbocycles. The van der Waals surface area contributed by atoms with E-state index in [2.05, 4.69) is 11.4 Å². The van der Waals surface area contributed by atoms with Gasteiger partial charge in [-0.15, -0.1) is 0 Å². The maximum absolute atomic E-state index is 12.9. The van der Waals surface area contributed by atoms with E-state index < -0.39 is 10.0 Å². The highest BCUT2D eigenvalue weighted by atomic mass is 32.2. The van der Waals surface area contributed by atoms with Gasteiger partial charge in [-0.1, -0.05) is 29.8 Å². The molecule has 0 aromatic heterocycles. The molecule has 1 N–H and O–H groups in total. The number of carbonyl (C=O) groups is 1. The molecule has 1 aliphatic rings. The topological polar surface area (TPSA) is 75.7 Å². The fourth-order valence-corrected chi connectivity index (χ4v) is 5.11. The molecule has 166 valence electrons. The predicted molar refractivity (Wildman–Crippen MR) is 123 cm³/mol. The van der Waals surface area contributed by atoms with Crippen LogP contribution in [0.4, 0.5) is 5.69 Å². The van der Waals surface area contributed by atoms with E-state index >= 15 is 0 Å². The Balaban J connectivity index is 1.52. The lowest BCUT2D eigenvalue weighted by atomic mass is 9.97. The minimum Gasteiger partial charge on any atom is -0.484 e. The summed E-state index contributed by atoms with van der Waals surface area (Å²) in [4.78, 5) is 12.3. The molecule has 1 aliphatic carbocycles. The summed E-state index contributed by atoms with van der Waals surface area (Å²) in [6, 6.07) is 15.1. The summed E-state index contributed by atoms with van der Waals surface area (Å²) >= 11 is 0. The summed E-state index contributed by atoms with van der Waals surface area (Å²) in [5.41, 5.74) is 1.97. The molecule has 2 aromatic rings. The van der Waals surface area contributed by atoms with Crippen LogP contribution >= 0.6 is 0 Å². The molecule has 6 nitrogen and oxygen atoms in total. The molecule has 31 heavy (non-hydrogen) atoms. The summed E-state index contributed by atoms with van der Waals surface area (Å²) in [7, 11) is -3.64. The molecule has 0 heterocycles. The Labute approximate surface area is 185 Å². The zero-order valence-corrected chi connectivity index (χ0v) is 18.7.